The van der Waals surface area contributed by atoms with Crippen molar-refractivity contribution in [2.45, 2.75) is 64.6 Å². The maximum atomic E-state index is 14.2. The number of nitrogens with one attached hydrogen (secondary N) is 1. The molecule has 1 unspecified atom stereocenters. The highest BCUT2D eigenvalue weighted by Crippen LogP contribution is 2.52. The number of hydrogen-bond acceptors (Lipinski definition) is 10. The molecule has 7 aromatic rings. The first kappa shape index (κ1) is 43.0. The average molecular weight is 842 g/mol. The molecule has 7 rings (SSSR count). The van der Waals surface area contributed by atoms with Crippen molar-refractivity contribution in [2.75, 3.05) is 13.2 Å². The van der Waals surface area contributed by atoms with E-state index in [1.54, 1.807) is 60.7 Å². The van der Waals surface area contributed by atoms with Gasteiger partial charge in [0.15, 0.2) is 6.04 Å². The van der Waals surface area contributed by atoms with Gasteiger partial charge in [0, 0.05) is 12.8 Å². The zero-order chi connectivity index (χ0) is 42.4. The molecule has 11 nitrogen and oxygen atoms in total. The van der Waals surface area contributed by atoms with Crippen LogP contribution in [-0.2, 0) is 68.2 Å². The second-order valence-corrected chi connectivity index (χ2v) is 16.3. The number of carbonyl (C=O) groups is 3. The van der Waals surface area contributed by atoms with Gasteiger partial charge in [-0.25, -0.2) is 14.2 Å². The van der Waals surface area contributed by atoms with Gasteiger partial charge in [0.25, 0.3) is 0 Å². The van der Waals surface area contributed by atoms with Crippen LogP contribution >= 0.6 is 7.82 Å². The number of esters is 2. The summed E-state index contributed by atoms with van der Waals surface area (Å²) in [5.74, 6) is -1.21. The lowest BCUT2D eigenvalue weighted by molar-refractivity contribution is -0.150. The van der Waals surface area contributed by atoms with E-state index in [9.17, 15) is 18.9 Å². The standard InChI is InChI=1S/C49H48NO10P/c1-35(47(48(52)56-32-36-14-5-2-6-15-36)50-49(53)57-33-37-16-7-3-8-17-37)60-61(54,59-34-38-18-9-4-10-19-38)58-31-13-30-55-44(51)23-12-20-39-24-25-42-27-26-40-21-11-22-41-28-29-43(39)46(42)45(40)41/h2-11,14-19,21-22,24-29,35,47H,12-13,20,23,30-34H2,1H3,(H,50,53)/t35-,47+,61?/m1/s1. The number of hydrogen-bond donors (Lipinski definition) is 1. The molecule has 0 spiro atoms. The van der Waals surface area contributed by atoms with Crippen molar-refractivity contribution in [2.24, 2.45) is 0 Å². The van der Waals surface area contributed by atoms with Gasteiger partial charge in [-0.15, -0.1) is 0 Å². The first-order chi connectivity index (χ1) is 29.7. The molecule has 314 valence electrons. The Morgan fingerprint density at radius 3 is 1.80 bits per heavy atom. The molecule has 0 aliphatic carbocycles. The van der Waals surface area contributed by atoms with Gasteiger partial charge in [0.2, 0.25) is 0 Å². The second kappa shape index (κ2) is 20.9. The lowest BCUT2D eigenvalue weighted by Gasteiger charge is -2.27. The van der Waals surface area contributed by atoms with Crippen molar-refractivity contribution in [1.29, 1.82) is 0 Å². The Hall–Kier alpha value is -6.10. The summed E-state index contributed by atoms with van der Waals surface area (Å²) in [6.45, 7) is 1.02. The molecule has 0 aromatic heterocycles. The molecule has 0 saturated heterocycles. The SMILES string of the molecule is C[C@@H](OP(=O)(OCCCOC(=O)CCCc1ccc2ccc3cccc4ccc1c2c34)OCc1ccccc1)[C@H](NC(=O)OCc1ccccc1)C(=O)OCc1ccccc1. The summed E-state index contributed by atoms with van der Waals surface area (Å²) in [7, 11) is -4.42. The van der Waals surface area contributed by atoms with Crippen molar-refractivity contribution in [3.05, 3.63) is 168 Å². The Bertz CT molecular complexity index is 2550. The highest BCUT2D eigenvalue weighted by Gasteiger charge is 2.38. The van der Waals surface area contributed by atoms with E-state index in [2.05, 4.69) is 59.9 Å². The number of phosphoric acid groups is 1. The van der Waals surface area contributed by atoms with Crippen LogP contribution in [-0.4, -0.2) is 43.4 Å². The van der Waals surface area contributed by atoms with Gasteiger partial charge in [0.05, 0.1) is 25.9 Å². The lowest BCUT2D eigenvalue weighted by Crippen LogP contribution is -2.49. The van der Waals surface area contributed by atoms with E-state index in [4.69, 9.17) is 27.8 Å². The first-order valence-electron chi connectivity index (χ1n) is 20.3. The highest BCUT2D eigenvalue weighted by molar-refractivity contribution is 7.48. The molecular weight excluding hydrogens is 794 g/mol. The van der Waals surface area contributed by atoms with Gasteiger partial charge in [-0.05, 0) is 74.3 Å². The smallest absolute Gasteiger partial charge is 0.466 e. The molecule has 1 N–H and O–H groups in total. The van der Waals surface area contributed by atoms with E-state index in [1.165, 1.54) is 44.8 Å². The zero-order valence-corrected chi connectivity index (χ0v) is 34.8. The van der Waals surface area contributed by atoms with Crippen LogP contribution in [0, 0.1) is 0 Å². The van der Waals surface area contributed by atoms with Crippen LogP contribution in [0.1, 0.15) is 48.4 Å². The van der Waals surface area contributed by atoms with Gasteiger partial charge in [-0.3, -0.25) is 18.4 Å². The maximum Gasteiger partial charge on any atom is 0.475 e. The van der Waals surface area contributed by atoms with Crippen LogP contribution in [0.25, 0.3) is 32.3 Å². The van der Waals surface area contributed by atoms with Gasteiger partial charge in [-0.1, -0.05) is 146 Å². The van der Waals surface area contributed by atoms with E-state index in [0.717, 1.165) is 11.1 Å². The molecule has 3 atom stereocenters. The molecular formula is C49H48NO10P. The Morgan fingerprint density at radius 1 is 0.574 bits per heavy atom. The molecule has 0 radical (unpaired) electrons. The summed E-state index contributed by atoms with van der Waals surface area (Å²) in [4.78, 5) is 39.2. The number of rotatable bonds is 21. The summed E-state index contributed by atoms with van der Waals surface area (Å²) in [5, 5.41) is 9.80. The normalized spacial score (nSPS) is 13.4. The number of benzene rings is 7. The zero-order valence-electron chi connectivity index (χ0n) is 33.9. The lowest BCUT2D eigenvalue weighted by atomic mass is 9.90. The van der Waals surface area contributed by atoms with Crippen LogP contribution in [0.3, 0.4) is 0 Å². The molecule has 0 fully saturated rings. The molecule has 0 saturated carbocycles. The van der Waals surface area contributed by atoms with E-state index < -0.39 is 32.0 Å². The third-order valence-corrected chi connectivity index (χ3v) is 11.7. The number of phosphoric ester groups is 1. The van der Waals surface area contributed by atoms with E-state index in [0.29, 0.717) is 18.4 Å². The van der Waals surface area contributed by atoms with Crippen molar-refractivity contribution < 1.29 is 46.7 Å². The number of alkyl carbamates (subject to hydrolysis) is 1. The van der Waals surface area contributed by atoms with Crippen LogP contribution in [0.5, 0.6) is 0 Å². The van der Waals surface area contributed by atoms with Crippen LogP contribution in [0.15, 0.2) is 146 Å². The fourth-order valence-electron chi connectivity index (χ4n) is 7.10. The van der Waals surface area contributed by atoms with Crippen LogP contribution < -0.4 is 5.32 Å². The Balaban J connectivity index is 0.936. The predicted octanol–water partition coefficient (Wildman–Crippen LogP) is 10.6. The Morgan fingerprint density at radius 2 is 1.15 bits per heavy atom. The molecule has 1 amide bonds. The molecule has 61 heavy (non-hydrogen) atoms. The monoisotopic (exact) mass is 841 g/mol. The van der Waals surface area contributed by atoms with Crippen molar-refractivity contribution in [3.63, 3.8) is 0 Å². The van der Waals surface area contributed by atoms with Gasteiger partial charge in [-0.2, -0.15) is 0 Å². The average Bonchev–Trinajstić information content (AvgIpc) is 3.29. The molecule has 0 bridgehead atoms. The van der Waals surface area contributed by atoms with Gasteiger partial charge < -0.3 is 19.5 Å². The van der Waals surface area contributed by atoms with E-state index in [-0.39, 0.29) is 51.8 Å². The quantitative estimate of drug-likeness (QED) is 0.0245. The minimum absolute atomic E-state index is 0.00898. The number of ether oxygens (including phenoxy) is 3. The molecule has 0 aliphatic rings. The summed E-state index contributed by atoms with van der Waals surface area (Å²) in [6, 6.07) is 44.9. The van der Waals surface area contributed by atoms with Gasteiger partial charge >= 0.3 is 25.9 Å². The fraction of sp³-hybridized carbons (Fsp3) is 0.245. The number of aryl methyl sites for hydroxylation is 1. The summed E-state index contributed by atoms with van der Waals surface area (Å²) in [6.07, 6.45) is -0.463. The van der Waals surface area contributed by atoms with Gasteiger partial charge in [0.1, 0.15) is 13.2 Å². The molecule has 7 aromatic carbocycles. The van der Waals surface area contributed by atoms with Crippen molar-refractivity contribution in [3.8, 4) is 0 Å². The summed E-state index contributed by atoms with van der Waals surface area (Å²) >= 11 is 0. The van der Waals surface area contributed by atoms with Crippen molar-refractivity contribution >= 4 is 58.2 Å². The molecule has 0 aliphatic heterocycles. The van der Waals surface area contributed by atoms with Crippen LogP contribution in [0.4, 0.5) is 4.79 Å². The minimum Gasteiger partial charge on any atom is -0.466 e. The van der Waals surface area contributed by atoms with E-state index in [1.807, 2.05) is 30.3 Å². The first-order valence-corrected chi connectivity index (χ1v) is 21.8. The molecule has 0 heterocycles. The Kier molecular flexibility index (Phi) is 14.8. The predicted molar refractivity (Wildman–Crippen MR) is 234 cm³/mol. The third-order valence-electron chi connectivity index (χ3n) is 10.2. The third kappa shape index (κ3) is 11.8. The highest BCUT2D eigenvalue weighted by atomic mass is 31.2. The molecule has 12 heteroatoms. The largest absolute Gasteiger partial charge is 0.475 e. The second-order valence-electron chi connectivity index (χ2n) is 14.6. The van der Waals surface area contributed by atoms with Crippen molar-refractivity contribution in [1.82, 2.24) is 5.32 Å². The number of amides is 1. The summed E-state index contributed by atoms with van der Waals surface area (Å²) in [5.41, 5.74) is 3.33. The maximum absolute atomic E-state index is 14.2. The fourth-order valence-corrected chi connectivity index (χ4v) is 8.48. The minimum atomic E-state index is -4.42. The van der Waals surface area contributed by atoms with E-state index >= 15 is 0 Å². The Labute approximate surface area is 354 Å². The van der Waals surface area contributed by atoms with Crippen LogP contribution in [0.2, 0.25) is 0 Å². The number of carbonyl (C=O) groups excluding carboxylic acids is 3. The summed E-state index contributed by atoms with van der Waals surface area (Å²) < 4.78 is 48.0. The topological polar surface area (TPSA) is 136 Å².